The maximum absolute atomic E-state index is 13.2. The van der Waals surface area contributed by atoms with Gasteiger partial charge in [-0.1, -0.05) is 6.07 Å². The number of carbonyl (C=O) groups is 2. The second-order valence-electron chi connectivity index (χ2n) is 5.83. The third-order valence-electron chi connectivity index (χ3n) is 4.00. The largest absolute Gasteiger partial charge is 0.497 e. The molecule has 2 N–H and O–H groups in total. The van der Waals surface area contributed by atoms with E-state index in [1.54, 1.807) is 29.2 Å². The van der Waals surface area contributed by atoms with Crippen LogP contribution in [0.2, 0.25) is 0 Å². The van der Waals surface area contributed by atoms with E-state index in [0.717, 1.165) is 12.1 Å². The van der Waals surface area contributed by atoms with Crippen molar-refractivity contribution in [3.63, 3.8) is 0 Å². The van der Waals surface area contributed by atoms with Crippen molar-refractivity contribution in [2.24, 2.45) is 0 Å². The first-order chi connectivity index (χ1) is 12.5. The van der Waals surface area contributed by atoms with E-state index in [2.05, 4.69) is 10.6 Å². The lowest BCUT2D eigenvalue weighted by Gasteiger charge is -2.18. The number of anilines is 2. The Labute approximate surface area is 148 Å². The van der Waals surface area contributed by atoms with Crippen molar-refractivity contribution < 1.29 is 23.1 Å². The van der Waals surface area contributed by atoms with Gasteiger partial charge < -0.3 is 20.3 Å². The maximum atomic E-state index is 13.2. The van der Waals surface area contributed by atoms with E-state index in [1.807, 2.05) is 0 Å². The molecule has 8 heteroatoms. The Balaban J connectivity index is 1.61. The molecular weight excluding hydrogens is 344 g/mol. The summed E-state index contributed by atoms with van der Waals surface area (Å²) in [5.41, 5.74) is 0.801. The van der Waals surface area contributed by atoms with Crippen molar-refractivity contribution >= 4 is 23.3 Å². The predicted octanol–water partition coefficient (Wildman–Crippen LogP) is 2.90. The molecule has 6 nitrogen and oxygen atoms in total. The molecule has 1 aliphatic heterocycles. The van der Waals surface area contributed by atoms with E-state index >= 15 is 0 Å². The molecule has 0 aromatic heterocycles. The molecule has 0 bridgehead atoms. The smallest absolute Gasteiger partial charge is 0.319 e. The number of hydrogen-bond acceptors (Lipinski definition) is 3. The summed E-state index contributed by atoms with van der Waals surface area (Å²) in [6.45, 7) is 0.303. The van der Waals surface area contributed by atoms with Crippen LogP contribution in [0.3, 0.4) is 0 Å². The summed E-state index contributed by atoms with van der Waals surface area (Å²) >= 11 is 0. The van der Waals surface area contributed by atoms with Gasteiger partial charge in [0.1, 0.15) is 5.75 Å². The van der Waals surface area contributed by atoms with E-state index in [9.17, 15) is 18.4 Å². The minimum atomic E-state index is -1.05. The molecule has 1 heterocycles. The Bertz CT molecular complexity index is 844. The third kappa shape index (κ3) is 3.90. The van der Waals surface area contributed by atoms with Crippen LogP contribution in [-0.4, -0.2) is 31.6 Å². The number of carbonyl (C=O) groups excluding carboxylic acids is 2. The van der Waals surface area contributed by atoms with Crippen molar-refractivity contribution in [1.29, 1.82) is 0 Å². The average Bonchev–Trinajstić information content (AvgIpc) is 2.98. The van der Waals surface area contributed by atoms with E-state index in [4.69, 9.17) is 4.74 Å². The van der Waals surface area contributed by atoms with Gasteiger partial charge in [-0.3, -0.25) is 4.79 Å². The number of methoxy groups -OCH3 is 1. The summed E-state index contributed by atoms with van der Waals surface area (Å²) in [5, 5.41) is 5.08. The molecule has 1 saturated heterocycles. The van der Waals surface area contributed by atoms with E-state index in [-0.39, 0.29) is 18.0 Å². The molecule has 0 unspecified atom stereocenters. The lowest BCUT2D eigenvalue weighted by Crippen LogP contribution is -2.39. The van der Waals surface area contributed by atoms with Crippen molar-refractivity contribution in [2.45, 2.75) is 12.5 Å². The number of urea groups is 1. The van der Waals surface area contributed by atoms with Crippen LogP contribution in [0, 0.1) is 11.6 Å². The highest BCUT2D eigenvalue weighted by Crippen LogP contribution is 2.25. The van der Waals surface area contributed by atoms with Crippen LogP contribution >= 0.6 is 0 Å². The standard InChI is InChI=1S/C18H17F2N3O3/c1-26-14-4-2-3-13(9-14)23-10-12(8-17(23)24)22-18(25)21-11-5-6-15(19)16(20)7-11/h2-7,9,12H,8,10H2,1H3,(H2,21,22,25)/t12-/m1/s1. The quantitative estimate of drug-likeness (QED) is 0.880. The van der Waals surface area contributed by atoms with Crippen LogP contribution in [0.1, 0.15) is 6.42 Å². The molecule has 136 valence electrons. The van der Waals surface area contributed by atoms with Gasteiger partial charge in [-0.2, -0.15) is 0 Å². The highest BCUT2D eigenvalue weighted by molar-refractivity contribution is 5.97. The summed E-state index contributed by atoms with van der Waals surface area (Å²) in [4.78, 5) is 25.8. The number of halogens is 2. The number of amides is 3. The molecule has 1 fully saturated rings. The monoisotopic (exact) mass is 361 g/mol. The number of nitrogens with zero attached hydrogens (tertiary/aromatic N) is 1. The zero-order chi connectivity index (χ0) is 18.7. The molecular formula is C18H17F2N3O3. The van der Waals surface area contributed by atoms with Crippen LogP contribution < -0.4 is 20.3 Å². The van der Waals surface area contributed by atoms with Crippen LogP contribution in [-0.2, 0) is 4.79 Å². The van der Waals surface area contributed by atoms with E-state index in [0.29, 0.717) is 18.0 Å². The Kier molecular flexibility index (Phi) is 5.01. The molecule has 0 spiro atoms. The molecule has 0 saturated carbocycles. The Morgan fingerprint density at radius 1 is 1.19 bits per heavy atom. The van der Waals surface area contributed by atoms with Gasteiger partial charge in [0.15, 0.2) is 11.6 Å². The minimum Gasteiger partial charge on any atom is -0.497 e. The molecule has 1 atom stereocenters. The molecule has 3 rings (SSSR count). The van der Waals surface area contributed by atoms with Crippen LogP contribution in [0.25, 0.3) is 0 Å². The van der Waals surface area contributed by atoms with E-state index < -0.39 is 23.7 Å². The minimum absolute atomic E-state index is 0.121. The van der Waals surface area contributed by atoms with Crippen molar-refractivity contribution in [1.82, 2.24) is 5.32 Å². The van der Waals surface area contributed by atoms with Gasteiger partial charge in [-0.25, -0.2) is 13.6 Å². The number of nitrogens with one attached hydrogen (secondary N) is 2. The van der Waals surface area contributed by atoms with Gasteiger partial charge in [0.25, 0.3) is 0 Å². The highest BCUT2D eigenvalue weighted by Gasteiger charge is 2.31. The summed E-state index contributed by atoms with van der Waals surface area (Å²) < 4.78 is 31.2. The third-order valence-corrected chi connectivity index (χ3v) is 4.00. The molecule has 0 aliphatic carbocycles. The topological polar surface area (TPSA) is 70.7 Å². The van der Waals surface area contributed by atoms with Crippen molar-refractivity contribution in [3.8, 4) is 5.75 Å². The fraction of sp³-hybridized carbons (Fsp3) is 0.222. The van der Waals surface area contributed by atoms with Crippen LogP contribution in [0.15, 0.2) is 42.5 Å². The second-order valence-corrected chi connectivity index (χ2v) is 5.83. The molecule has 1 aliphatic rings. The van der Waals surface area contributed by atoms with Crippen LogP contribution in [0.4, 0.5) is 25.0 Å². The van der Waals surface area contributed by atoms with E-state index in [1.165, 1.54) is 13.2 Å². The normalized spacial score (nSPS) is 16.5. The second kappa shape index (κ2) is 7.38. The first-order valence-electron chi connectivity index (χ1n) is 7.93. The molecule has 26 heavy (non-hydrogen) atoms. The van der Waals surface area contributed by atoms with Gasteiger partial charge in [0.05, 0.1) is 13.2 Å². The fourth-order valence-corrected chi connectivity index (χ4v) is 2.76. The van der Waals surface area contributed by atoms with Crippen molar-refractivity contribution in [3.05, 3.63) is 54.1 Å². The molecule has 0 radical (unpaired) electrons. The average molecular weight is 361 g/mol. The summed E-state index contributed by atoms with van der Waals surface area (Å²) in [7, 11) is 1.54. The lowest BCUT2D eigenvalue weighted by atomic mass is 10.2. The Morgan fingerprint density at radius 2 is 2.00 bits per heavy atom. The van der Waals surface area contributed by atoms with Gasteiger partial charge in [-0.05, 0) is 24.3 Å². The zero-order valence-corrected chi connectivity index (χ0v) is 14.0. The molecule has 2 aromatic carbocycles. The first kappa shape index (κ1) is 17.7. The summed E-state index contributed by atoms with van der Waals surface area (Å²) in [5.74, 6) is -1.55. The van der Waals surface area contributed by atoms with Gasteiger partial charge >= 0.3 is 6.03 Å². The first-order valence-corrected chi connectivity index (χ1v) is 7.93. The van der Waals surface area contributed by atoms with Crippen molar-refractivity contribution in [2.75, 3.05) is 23.9 Å². The van der Waals surface area contributed by atoms with Gasteiger partial charge in [-0.15, -0.1) is 0 Å². The number of ether oxygens (including phenoxy) is 1. The zero-order valence-electron chi connectivity index (χ0n) is 14.0. The van der Waals surface area contributed by atoms with Gasteiger partial charge in [0.2, 0.25) is 5.91 Å². The highest BCUT2D eigenvalue weighted by atomic mass is 19.2. The SMILES string of the molecule is COc1cccc(N2C[C@H](NC(=O)Nc3ccc(F)c(F)c3)CC2=O)c1. The molecule has 3 amide bonds. The predicted molar refractivity (Wildman–Crippen MR) is 92.3 cm³/mol. The Morgan fingerprint density at radius 3 is 2.73 bits per heavy atom. The number of hydrogen-bond donors (Lipinski definition) is 2. The fourth-order valence-electron chi connectivity index (χ4n) is 2.76. The number of rotatable bonds is 4. The van der Waals surface area contributed by atoms with Crippen LogP contribution in [0.5, 0.6) is 5.75 Å². The molecule has 2 aromatic rings. The summed E-state index contributed by atoms with van der Waals surface area (Å²) in [6, 6.07) is 9.13. The summed E-state index contributed by atoms with van der Waals surface area (Å²) in [6.07, 6.45) is 0.141. The lowest BCUT2D eigenvalue weighted by molar-refractivity contribution is -0.117. The number of benzene rings is 2. The Hall–Kier alpha value is -3.16. The van der Waals surface area contributed by atoms with Gasteiger partial charge in [0, 0.05) is 36.5 Å². The maximum Gasteiger partial charge on any atom is 0.319 e.